The second-order valence-corrected chi connectivity index (χ2v) is 3.46. The molecule has 3 heteroatoms. The van der Waals surface area contributed by atoms with E-state index in [-0.39, 0.29) is 24.0 Å². The Morgan fingerprint density at radius 1 is 1.21 bits per heavy atom. The van der Waals surface area contributed by atoms with E-state index in [9.17, 15) is 0 Å². The molecular weight excluding hydrogens is 287 g/mol. The molecule has 0 saturated carbocycles. The third-order valence-corrected chi connectivity index (χ3v) is 2.67. The zero-order valence-corrected chi connectivity index (χ0v) is 10.7. The minimum Gasteiger partial charge on any atom is -1.00 e. The monoisotopic (exact) mass is 302 g/mol. The molecule has 0 aromatic heterocycles. The standard InChI is InChI=1S/C11H15N2.HI/c1-10-12(2)8-9-13(10)11-6-4-3-5-7-11;/h3-7H,8-9H2,1-2H3;1H/q+1;/p-1. The fourth-order valence-corrected chi connectivity index (χ4v) is 1.70. The van der Waals surface area contributed by atoms with Crippen LogP contribution in [-0.4, -0.2) is 30.5 Å². The Bertz CT molecular complexity index is 332. The summed E-state index contributed by atoms with van der Waals surface area (Å²) in [5.41, 5.74) is 1.30. The lowest BCUT2D eigenvalue weighted by atomic mass is 10.3. The van der Waals surface area contributed by atoms with E-state index in [1.54, 1.807) is 0 Å². The maximum absolute atomic E-state index is 2.35. The lowest BCUT2D eigenvalue weighted by molar-refractivity contribution is -0.486. The van der Waals surface area contributed by atoms with Crippen molar-refractivity contribution in [2.75, 3.05) is 25.0 Å². The van der Waals surface area contributed by atoms with Crippen molar-refractivity contribution >= 4 is 11.5 Å². The SMILES string of the molecule is CC1=[N+](C)CCN1c1ccccc1.[I-]. The molecule has 0 fully saturated rings. The highest BCUT2D eigenvalue weighted by Gasteiger charge is 2.25. The maximum Gasteiger partial charge on any atom is 0.248 e. The van der Waals surface area contributed by atoms with Crippen LogP contribution in [0.4, 0.5) is 5.69 Å². The van der Waals surface area contributed by atoms with Crippen LogP contribution in [0, 0.1) is 0 Å². The molecule has 0 atom stereocenters. The fraction of sp³-hybridized carbons (Fsp3) is 0.364. The molecule has 0 bridgehead atoms. The molecule has 0 radical (unpaired) electrons. The molecule has 1 aliphatic rings. The summed E-state index contributed by atoms with van der Waals surface area (Å²) in [6, 6.07) is 10.5. The molecule has 1 heterocycles. The largest absolute Gasteiger partial charge is 1.00 e. The van der Waals surface area contributed by atoms with Gasteiger partial charge in [-0.15, -0.1) is 0 Å². The van der Waals surface area contributed by atoms with Crippen molar-refractivity contribution in [1.29, 1.82) is 0 Å². The van der Waals surface area contributed by atoms with Crippen LogP contribution in [0.5, 0.6) is 0 Å². The summed E-state index contributed by atoms with van der Waals surface area (Å²) in [6.45, 7) is 4.40. The van der Waals surface area contributed by atoms with Crippen LogP contribution in [0.15, 0.2) is 30.3 Å². The molecule has 0 aliphatic carbocycles. The van der Waals surface area contributed by atoms with Crippen LogP contribution in [0.2, 0.25) is 0 Å². The molecule has 0 unspecified atom stereocenters. The van der Waals surface area contributed by atoms with Crippen LogP contribution < -0.4 is 28.9 Å². The molecule has 14 heavy (non-hydrogen) atoms. The molecule has 2 rings (SSSR count). The van der Waals surface area contributed by atoms with Crippen LogP contribution in [0.1, 0.15) is 6.92 Å². The number of likely N-dealkylation sites (N-methyl/N-ethyl adjacent to an activating group) is 1. The lowest BCUT2D eigenvalue weighted by Crippen LogP contribution is -3.00. The number of para-hydroxylation sites is 1. The van der Waals surface area contributed by atoms with Crippen molar-refractivity contribution in [1.82, 2.24) is 0 Å². The summed E-state index contributed by atoms with van der Waals surface area (Å²) in [6.07, 6.45) is 0. The third-order valence-electron chi connectivity index (χ3n) is 2.67. The molecule has 2 nitrogen and oxygen atoms in total. The van der Waals surface area contributed by atoms with E-state index in [1.165, 1.54) is 11.5 Å². The number of hydrogen-bond donors (Lipinski definition) is 0. The first-order valence-electron chi connectivity index (χ1n) is 4.66. The molecule has 0 N–H and O–H groups in total. The highest BCUT2D eigenvalue weighted by molar-refractivity contribution is 5.93. The van der Waals surface area contributed by atoms with Crippen molar-refractivity contribution in [3.8, 4) is 0 Å². The number of hydrogen-bond acceptors (Lipinski definition) is 1. The van der Waals surface area contributed by atoms with Crippen LogP contribution >= 0.6 is 0 Å². The van der Waals surface area contributed by atoms with Crippen molar-refractivity contribution in [2.45, 2.75) is 6.92 Å². The van der Waals surface area contributed by atoms with Gasteiger partial charge in [-0.2, -0.15) is 0 Å². The summed E-state index contributed by atoms with van der Waals surface area (Å²) in [4.78, 5) is 2.35. The van der Waals surface area contributed by atoms with E-state index in [1.807, 2.05) is 0 Å². The highest BCUT2D eigenvalue weighted by atomic mass is 127. The topological polar surface area (TPSA) is 6.25 Å². The van der Waals surface area contributed by atoms with Gasteiger partial charge in [0.15, 0.2) is 0 Å². The number of rotatable bonds is 1. The number of anilines is 1. The van der Waals surface area contributed by atoms with E-state index >= 15 is 0 Å². The molecule has 0 amide bonds. The molecule has 1 aliphatic heterocycles. The summed E-state index contributed by atoms with van der Waals surface area (Å²) >= 11 is 0. The van der Waals surface area contributed by atoms with Gasteiger partial charge in [-0.25, -0.2) is 4.90 Å². The first-order chi connectivity index (χ1) is 6.29. The Morgan fingerprint density at radius 2 is 1.86 bits per heavy atom. The smallest absolute Gasteiger partial charge is 0.248 e. The fourth-order valence-electron chi connectivity index (χ4n) is 1.70. The number of nitrogens with zero attached hydrogens (tertiary/aromatic N) is 2. The summed E-state index contributed by atoms with van der Waals surface area (Å²) in [7, 11) is 2.14. The first kappa shape index (κ1) is 11.5. The predicted octanol–water partition coefficient (Wildman–Crippen LogP) is -1.43. The quantitative estimate of drug-likeness (QED) is 0.455. The molecule has 0 saturated heterocycles. The van der Waals surface area contributed by atoms with Gasteiger partial charge in [-0.05, 0) is 12.1 Å². The molecule has 0 spiro atoms. The van der Waals surface area contributed by atoms with E-state index in [4.69, 9.17) is 0 Å². The van der Waals surface area contributed by atoms with Crippen LogP contribution in [0.25, 0.3) is 0 Å². The Hall–Kier alpha value is -0.580. The Kier molecular flexibility index (Phi) is 3.92. The van der Waals surface area contributed by atoms with Gasteiger partial charge in [0, 0.05) is 6.92 Å². The van der Waals surface area contributed by atoms with Gasteiger partial charge in [0.2, 0.25) is 5.84 Å². The van der Waals surface area contributed by atoms with E-state index in [0.717, 1.165) is 13.1 Å². The molecular formula is C11H15IN2. The average molecular weight is 302 g/mol. The maximum atomic E-state index is 2.35. The zero-order chi connectivity index (χ0) is 9.26. The Balaban J connectivity index is 0.000000980. The zero-order valence-electron chi connectivity index (χ0n) is 8.57. The number of amidine groups is 1. The predicted molar refractivity (Wildman–Crippen MR) is 55.5 cm³/mol. The lowest BCUT2D eigenvalue weighted by Gasteiger charge is -2.09. The molecule has 1 aromatic carbocycles. The van der Waals surface area contributed by atoms with Crippen molar-refractivity contribution in [3.05, 3.63) is 30.3 Å². The van der Waals surface area contributed by atoms with Crippen LogP contribution in [0.3, 0.4) is 0 Å². The van der Waals surface area contributed by atoms with E-state index in [2.05, 4.69) is 53.8 Å². The van der Waals surface area contributed by atoms with Crippen molar-refractivity contribution in [2.24, 2.45) is 0 Å². The second kappa shape index (κ2) is 4.77. The number of halogens is 1. The normalized spacial score (nSPS) is 15.7. The van der Waals surface area contributed by atoms with Crippen molar-refractivity contribution < 1.29 is 28.6 Å². The summed E-state index contributed by atoms with van der Waals surface area (Å²) < 4.78 is 2.28. The first-order valence-corrected chi connectivity index (χ1v) is 4.66. The van der Waals surface area contributed by atoms with Gasteiger partial charge in [0.1, 0.15) is 18.8 Å². The van der Waals surface area contributed by atoms with Gasteiger partial charge in [0.05, 0.1) is 7.05 Å². The minimum absolute atomic E-state index is 0. The van der Waals surface area contributed by atoms with Crippen molar-refractivity contribution in [3.63, 3.8) is 0 Å². The minimum atomic E-state index is 0. The average Bonchev–Trinajstić information content (AvgIpc) is 2.49. The van der Waals surface area contributed by atoms with Gasteiger partial charge in [0.25, 0.3) is 0 Å². The van der Waals surface area contributed by atoms with Gasteiger partial charge in [-0.1, -0.05) is 18.2 Å². The molecule has 76 valence electrons. The summed E-state index contributed by atoms with van der Waals surface area (Å²) in [5, 5.41) is 0. The van der Waals surface area contributed by atoms with Crippen LogP contribution in [-0.2, 0) is 0 Å². The second-order valence-electron chi connectivity index (χ2n) is 3.46. The van der Waals surface area contributed by atoms with Gasteiger partial charge < -0.3 is 24.0 Å². The van der Waals surface area contributed by atoms with E-state index in [0.29, 0.717) is 0 Å². The van der Waals surface area contributed by atoms with Gasteiger partial charge in [-0.3, -0.25) is 4.58 Å². The highest BCUT2D eigenvalue weighted by Crippen LogP contribution is 2.15. The summed E-state index contributed by atoms with van der Waals surface area (Å²) in [5.74, 6) is 1.34. The Morgan fingerprint density at radius 3 is 2.36 bits per heavy atom. The number of benzene rings is 1. The Labute approximate surface area is 102 Å². The van der Waals surface area contributed by atoms with Gasteiger partial charge >= 0.3 is 0 Å². The van der Waals surface area contributed by atoms with E-state index < -0.39 is 0 Å². The molecule has 1 aromatic rings. The third kappa shape index (κ3) is 2.08.